The van der Waals surface area contributed by atoms with Crippen molar-refractivity contribution >= 4 is 0 Å². The highest BCUT2D eigenvalue weighted by molar-refractivity contribution is 5.28. The molecule has 112 valence electrons. The minimum absolute atomic E-state index is 0.201. The first-order valence-electron chi connectivity index (χ1n) is 8.17. The number of rotatable bonds is 3. The highest BCUT2D eigenvalue weighted by atomic mass is 16.3. The summed E-state index contributed by atoms with van der Waals surface area (Å²) < 4.78 is 0. The van der Waals surface area contributed by atoms with Gasteiger partial charge in [0, 0.05) is 6.42 Å². The molecule has 20 heavy (non-hydrogen) atoms. The van der Waals surface area contributed by atoms with Gasteiger partial charge in [-0.2, -0.15) is 0 Å². The van der Waals surface area contributed by atoms with E-state index in [1.807, 2.05) is 0 Å². The maximum Gasteiger partial charge on any atom is 0.0715 e. The van der Waals surface area contributed by atoms with Crippen LogP contribution in [0.4, 0.5) is 0 Å². The second-order valence-corrected chi connectivity index (χ2v) is 7.58. The third-order valence-electron chi connectivity index (χ3n) is 5.00. The Bertz CT molecular complexity index is 426. The smallest absolute Gasteiger partial charge is 0.0715 e. The molecule has 0 radical (unpaired) electrons. The largest absolute Gasteiger partial charge is 0.389 e. The van der Waals surface area contributed by atoms with Crippen molar-refractivity contribution in [3.05, 3.63) is 35.4 Å². The summed E-state index contributed by atoms with van der Waals surface area (Å²) >= 11 is 0. The van der Waals surface area contributed by atoms with Crippen LogP contribution in [0.25, 0.3) is 0 Å². The van der Waals surface area contributed by atoms with Gasteiger partial charge in [-0.1, -0.05) is 71.2 Å². The molecule has 1 aromatic carbocycles. The van der Waals surface area contributed by atoms with Crippen LogP contribution in [0, 0.1) is 5.92 Å². The highest BCUT2D eigenvalue weighted by Gasteiger charge is 2.37. The lowest BCUT2D eigenvalue weighted by atomic mass is 9.71. The summed E-state index contributed by atoms with van der Waals surface area (Å²) in [4.78, 5) is 0. The zero-order chi connectivity index (χ0) is 14.8. The van der Waals surface area contributed by atoms with Crippen molar-refractivity contribution in [1.82, 2.24) is 0 Å². The van der Waals surface area contributed by atoms with E-state index >= 15 is 0 Å². The van der Waals surface area contributed by atoms with E-state index in [1.54, 1.807) is 0 Å². The fourth-order valence-electron chi connectivity index (χ4n) is 3.59. The van der Waals surface area contributed by atoms with Gasteiger partial charge in [0.05, 0.1) is 5.60 Å². The Balaban J connectivity index is 2.12. The summed E-state index contributed by atoms with van der Waals surface area (Å²) in [6.45, 7) is 8.93. The van der Waals surface area contributed by atoms with Gasteiger partial charge in [0.15, 0.2) is 0 Å². The maximum atomic E-state index is 11.0. The van der Waals surface area contributed by atoms with Gasteiger partial charge in [-0.05, 0) is 35.3 Å². The summed E-state index contributed by atoms with van der Waals surface area (Å²) in [5, 5.41) is 11.0. The Morgan fingerprint density at radius 3 is 2.35 bits per heavy atom. The standard InChI is InChI=1S/C19H30O/c1-5-16-8-6-7-13-19(16,20)14-15-9-11-17(12-10-15)18(2,3)4/h9-12,16,20H,5-8,13-14H2,1-4H3. The SMILES string of the molecule is CCC1CCCCC1(O)Cc1ccc(C(C)(C)C)cc1. The van der Waals surface area contributed by atoms with Crippen molar-refractivity contribution in [1.29, 1.82) is 0 Å². The molecular formula is C19H30O. The summed E-state index contributed by atoms with van der Waals surface area (Å²) in [6, 6.07) is 8.87. The third-order valence-corrected chi connectivity index (χ3v) is 5.00. The van der Waals surface area contributed by atoms with E-state index in [1.165, 1.54) is 30.4 Å². The van der Waals surface area contributed by atoms with Gasteiger partial charge in [0.2, 0.25) is 0 Å². The molecule has 1 N–H and O–H groups in total. The van der Waals surface area contributed by atoms with Crippen molar-refractivity contribution in [3.63, 3.8) is 0 Å². The van der Waals surface area contributed by atoms with Crippen LogP contribution in [0.3, 0.4) is 0 Å². The van der Waals surface area contributed by atoms with Gasteiger partial charge in [-0.15, -0.1) is 0 Å². The highest BCUT2D eigenvalue weighted by Crippen LogP contribution is 2.38. The van der Waals surface area contributed by atoms with E-state index < -0.39 is 5.60 Å². The third kappa shape index (κ3) is 3.44. The first-order chi connectivity index (χ1) is 9.35. The molecular weight excluding hydrogens is 244 g/mol. The van der Waals surface area contributed by atoms with E-state index in [-0.39, 0.29) is 5.41 Å². The van der Waals surface area contributed by atoms with Gasteiger partial charge >= 0.3 is 0 Å². The predicted octanol–water partition coefficient (Wildman–Crippen LogP) is 4.86. The number of benzene rings is 1. The topological polar surface area (TPSA) is 20.2 Å². The quantitative estimate of drug-likeness (QED) is 0.834. The number of aliphatic hydroxyl groups is 1. The Labute approximate surface area is 124 Å². The molecule has 2 rings (SSSR count). The van der Waals surface area contributed by atoms with Crippen molar-refractivity contribution in [3.8, 4) is 0 Å². The van der Waals surface area contributed by atoms with Crippen LogP contribution < -0.4 is 0 Å². The lowest BCUT2D eigenvalue weighted by Crippen LogP contribution is -2.42. The van der Waals surface area contributed by atoms with Gasteiger partial charge in [0.25, 0.3) is 0 Å². The predicted molar refractivity (Wildman–Crippen MR) is 86.0 cm³/mol. The van der Waals surface area contributed by atoms with Crippen LogP contribution in [-0.2, 0) is 11.8 Å². The van der Waals surface area contributed by atoms with E-state index in [2.05, 4.69) is 52.0 Å². The Hall–Kier alpha value is -0.820. The fourth-order valence-corrected chi connectivity index (χ4v) is 3.59. The lowest BCUT2D eigenvalue weighted by molar-refractivity contribution is -0.0491. The van der Waals surface area contributed by atoms with Crippen LogP contribution in [0.15, 0.2) is 24.3 Å². The van der Waals surface area contributed by atoms with E-state index in [4.69, 9.17) is 0 Å². The van der Waals surface area contributed by atoms with E-state index in [0.717, 1.165) is 19.3 Å². The molecule has 0 amide bonds. The second kappa shape index (κ2) is 5.89. The molecule has 1 nitrogen and oxygen atoms in total. The number of hydrogen-bond donors (Lipinski definition) is 1. The Morgan fingerprint density at radius 1 is 1.15 bits per heavy atom. The summed E-state index contributed by atoms with van der Waals surface area (Å²) in [6.07, 6.45) is 6.52. The molecule has 0 spiro atoms. The fraction of sp³-hybridized carbons (Fsp3) is 0.684. The molecule has 1 aliphatic rings. The van der Waals surface area contributed by atoms with E-state index in [9.17, 15) is 5.11 Å². The molecule has 1 saturated carbocycles. The zero-order valence-corrected chi connectivity index (χ0v) is 13.6. The Morgan fingerprint density at radius 2 is 1.80 bits per heavy atom. The molecule has 1 heteroatoms. The zero-order valence-electron chi connectivity index (χ0n) is 13.6. The molecule has 2 unspecified atom stereocenters. The lowest BCUT2D eigenvalue weighted by Gasteiger charge is -2.40. The molecule has 0 bridgehead atoms. The minimum Gasteiger partial charge on any atom is -0.389 e. The summed E-state index contributed by atoms with van der Waals surface area (Å²) in [5.41, 5.74) is 2.37. The molecule has 1 aliphatic carbocycles. The Kier molecular flexibility index (Phi) is 4.59. The molecule has 1 aromatic rings. The van der Waals surface area contributed by atoms with Crippen LogP contribution in [0.2, 0.25) is 0 Å². The van der Waals surface area contributed by atoms with Crippen LogP contribution in [0.5, 0.6) is 0 Å². The van der Waals surface area contributed by atoms with Gasteiger partial charge in [-0.3, -0.25) is 0 Å². The van der Waals surface area contributed by atoms with Crippen LogP contribution in [-0.4, -0.2) is 10.7 Å². The van der Waals surface area contributed by atoms with Gasteiger partial charge in [-0.25, -0.2) is 0 Å². The summed E-state index contributed by atoms with van der Waals surface area (Å²) in [5.74, 6) is 0.471. The first kappa shape index (κ1) is 15.6. The molecule has 2 atom stereocenters. The van der Waals surface area contributed by atoms with Crippen molar-refractivity contribution < 1.29 is 5.11 Å². The van der Waals surface area contributed by atoms with Gasteiger partial charge < -0.3 is 5.11 Å². The minimum atomic E-state index is -0.476. The van der Waals surface area contributed by atoms with Crippen molar-refractivity contribution in [2.24, 2.45) is 5.92 Å². The first-order valence-corrected chi connectivity index (χ1v) is 8.17. The average Bonchev–Trinajstić information content (AvgIpc) is 2.38. The van der Waals surface area contributed by atoms with E-state index in [0.29, 0.717) is 5.92 Å². The normalized spacial score (nSPS) is 27.6. The number of hydrogen-bond acceptors (Lipinski definition) is 1. The molecule has 0 heterocycles. The average molecular weight is 274 g/mol. The van der Waals surface area contributed by atoms with Crippen LogP contribution in [0.1, 0.15) is 70.9 Å². The maximum absolute atomic E-state index is 11.0. The van der Waals surface area contributed by atoms with Gasteiger partial charge in [0.1, 0.15) is 0 Å². The molecule has 0 saturated heterocycles. The molecule has 0 aromatic heterocycles. The second-order valence-electron chi connectivity index (χ2n) is 7.58. The molecule has 1 fully saturated rings. The van der Waals surface area contributed by atoms with Crippen molar-refractivity contribution in [2.75, 3.05) is 0 Å². The van der Waals surface area contributed by atoms with Crippen molar-refractivity contribution in [2.45, 2.75) is 77.2 Å². The molecule has 0 aliphatic heterocycles. The summed E-state index contributed by atoms with van der Waals surface area (Å²) in [7, 11) is 0. The monoisotopic (exact) mass is 274 g/mol. The van der Waals surface area contributed by atoms with Crippen LogP contribution >= 0.6 is 0 Å².